The van der Waals surface area contributed by atoms with E-state index in [1.165, 1.54) is 12.1 Å². The number of nitrogens with one attached hydrogen (secondary N) is 1. The highest BCUT2D eigenvalue weighted by Crippen LogP contribution is 2.35. The molecule has 9 heteroatoms. The average Bonchev–Trinajstić information content (AvgIpc) is 3.07. The summed E-state index contributed by atoms with van der Waals surface area (Å²) >= 11 is 0. The Morgan fingerprint density at radius 2 is 2.12 bits per heavy atom. The predicted octanol–water partition coefficient (Wildman–Crippen LogP) is 2.60. The molecule has 3 N–H and O–H groups in total. The molecule has 2 aromatic rings. The number of aromatic nitrogens is 1. The third-order valence-corrected chi connectivity index (χ3v) is 6.25. The van der Waals surface area contributed by atoms with Crippen LogP contribution in [0.2, 0.25) is 0 Å². The van der Waals surface area contributed by atoms with Gasteiger partial charge in [0.25, 0.3) is 5.91 Å². The standard InChI is InChI=1S/C25H37FN4O4/c1-17(2)30(19-7-6-10-28-15-19)24(32)14-22-25(34-16-23(27)31)20-13-18(26)8-9-21(20)29(22)11-4-5-12-33-3/h8-9,13,17,19,28H,4-7,10-12,14-16H2,1-3H3,(H2,27,31)/t19-/m1/s1. The van der Waals surface area contributed by atoms with Gasteiger partial charge in [-0.2, -0.15) is 0 Å². The molecule has 0 aliphatic carbocycles. The van der Waals surface area contributed by atoms with E-state index in [1.807, 2.05) is 23.3 Å². The van der Waals surface area contributed by atoms with Gasteiger partial charge in [0.15, 0.2) is 6.61 Å². The van der Waals surface area contributed by atoms with Crippen LogP contribution in [-0.2, 0) is 27.3 Å². The smallest absolute Gasteiger partial charge is 0.255 e. The van der Waals surface area contributed by atoms with Gasteiger partial charge in [-0.05, 0) is 64.3 Å². The van der Waals surface area contributed by atoms with Crippen LogP contribution < -0.4 is 15.8 Å². The molecule has 0 radical (unpaired) electrons. The van der Waals surface area contributed by atoms with Crippen molar-refractivity contribution < 1.29 is 23.5 Å². The molecule has 188 valence electrons. The number of hydrogen-bond acceptors (Lipinski definition) is 5. The molecular formula is C25H37FN4O4. The monoisotopic (exact) mass is 476 g/mol. The third-order valence-electron chi connectivity index (χ3n) is 6.25. The number of nitrogens with two attached hydrogens (primary N) is 1. The summed E-state index contributed by atoms with van der Waals surface area (Å²) in [6.07, 6.45) is 3.71. The number of methoxy groups -OCH3 is 1. The molecule has 1 atom stereocenters. The van der Waals surface area contributed by atoms with Gasteiger partial charge in [0.2, 0.25) is 5.91 Å². The number of fused-ring (bicyclic) bond motifs is 1. The van der Waals surface area contributed by atoms with Crippen molar-refractivity contribution in [1.82, 2.24) is 14.8 Å². The van der Waals surface area contributed by atoms with Crippen molar-refractivity contribution >= 4 is 22.7 Å². The topological polar surface area (TPSA) is 98.8 Å². The summed E-state index contributed by atoms with van der Waals surface area (Å²) < 4.78 is 27.2. The average molecular weight is 477 g/mol. The number of aryl methyl sites for hydroxylation is 1. The van der Waals surface area contributed by atoms with E-state index in [0.29, 0.717) is 30.0 Å². The van der Waals surface area contributed by atoms with Crippen LogP contribution in [0.1, 0.15) is 45.2 Å². The summed E-state index contributed by atoms with van der Waals surface area (Å²) in [6.45, 7) is 6.66. The summed E-state index contributed by atoms with van der Waals surface area (Å²) in [6, 6.07) is 4.62. The third kappa shape index (κ3) is 6.27. The number of ether oxygens (including phenoxy) is 2. The van der Waals surface area contributed by atoms with Crippen molar-refractivity contribution in [2.45, 2.75) is 64.6 Å². The Labute approximate surface area is 200 Å². The molecule has 3 rings (SSSR count). The van der Waals surface area contributed by atoms with Crippen LogP contribution >= 0.6 is 0 Å². The Morgan fingerprint density at radius 1 is 1.32 bits per heavy atom. The lowest BCUT2D eigenvalue weighted by Crippen LogP contribution is -2.52. The second kappa shape index (κ2) is 12.2. The SMILES string of the molecule is COCCCCn1c(CC(=O)N(C(C)C)[C@@H]2CCCNC2)c(OCC(N)=O)c2cc(F)ccc21. The Hall–Kier alpha value is -2.65. The van der Waals surface area contributed by atoms with E-state index in [4.69, 9.17) is 15.2 Å². The number of carbonyl (C=O) groups excluding carboxylic acids is 2. The molecule has 0 spiro atoms. The van der Waals surface area contributed by atoms with Gasteiger partial charge in [-0.1, -0.05) is 0 Å². The maximum absolute atomic E-state index is 14.2. The predicted molar refractivity (Wildman–Crippen MR) is 129 cm³/mol. The normalized spacial score (nSPS) is 16.2. The zero-order valence-corrected chi connectivity index (χ0v) is 20.4. The molecule has 1 saturated heterocycles. The van der Waals surface area contributed by atoms with Crippen LogP contribution in [0, 0.1) is 5.82 Å². The first-order valence-corrected chi connectivity index (χ1v) is 12.1. The van der Waals surface area contributed by atoms with Crippen molar-refractivity contribution in [2.75, 3.05) is 33.4 Å². The van der Waals surface area contributed by atoms with E-state index < -0.39 is 11.7 Å². The summed E-state index contributed by atoms with van der Waals surface area (Å²) in [5, 5.41) is 3.92. The van der Waals surface area contributed by atoms with Gasteiger partial charge < -0.3 is 30.0 Å². The minimum atomic E-state index is -0.633. The molecule has 1 fully saturated rings. The fraction of sp³-hybridized carbons (Fsp3) is 0.600. The first-order chi connectivity index (χ1) is 16.3. The minimum absolute atomic E-state index is 0.0194. The van der Waals surface area contributed by atoms with E-state index >= 15 is 0 Å². The van der Waals surface area contributed by atoms with E-state index in [1.54, 1.807) is 13.2 Å². The summed E-state index contributed by atoms with van der Waals surface area (Å²) in [5.74, 6) is -0.720. The second-order valence-corrected chi connectivity index (χ2v) is 9.12. The number of halogens is 1. The van der Waals surface area contributed by atoms with Gasteiger partial charge in [0, 0.05) is 44.3 Å². The molecule has 1 aliphatic heterocycles. The zero-order valence-electron chi connectivity index (χ0n) is 20.4. The second-order valence-electron chi connectivity index (χ2n) is 9.12. The molecule has 0 saturated carbocycles. The largest absolute Gasteiger partial charge is 0.481 e. The number of benzene rings is 1. The van der Waals surface area contributed by atoms with Crippen LogP contribution in [0.15, 0.2) is 18.2 Å². The first kappa shape index (κ1) is 26.0. The van der Waals surface area contributed by atoms with Gasteiger partial charge in [0.1, 0.15) is 11.6 Å². The van der Waals surface area contributed by atoms with Gasteiger partial charge >= 0.3 is 0 Å². The number of piperidine rings is 1. The molecule has 1 aromatic carbocycles. The van der Waals surface area contributed by atoms with Crippen LogP contribution in [-0.4, -0.2) is 66.8 Å². The highest BCUT2D eigenvalue weighted by molar-refractivity contribution is 5.92. The van der Waals surface area contributed by atoms with E-state index in [2.05, 4.69) is 5.32 Å². The fourth-order valence-electron chi connectivity index (χ4n) is 4.82. The number of unbranched alkanes of at least 4 members (excludes halogenated alkanes) is 1. The molecule has 0 unspecified atom stereocenters. The quantitative estimate of drug-likeness (QED) is 0.459. The number of hydrogen-bond donors (Lipinski definition) is 2. The molecule has 1 aromatic heterocycles. The van der Waals surface area contributed by atoms with Crippen molar-refractivity contribution in [3.63, 3.8) is 0 Å². The van der Waals surface area contributed by atoms with Gasteiger partial charge in [0.05, 0.1) is 17.6 Å². The van der Waals surface area contributed by atoms with Crippen molar-refractivity contribution in [3.05, 3.63) is 29.7 Å². The molecule has 1 aliphatic rings. The van der Waals surface area contributed by atoms with Gasteiger partial charge in [-0.15, -0.1) is 0 Å². The molecule has 2 heterocycles. The lowest BCUT2D eigenvalue weighted by molar-refractivity contribution is -0.135. The fourth-order valence-corrected chi connectivity index (χ4v) is 4.82. The van der Waals surface area contributed by atoms with Crippen molar-refractivity contribution in [1.29, 1.82) is 0 Å². The van der Waals surface area contributed by atoms with E-state index in [-0.39, 0.29) is 31.0 Å². The lowest BCUT2D eigenvalue weighted by atomic mass is 10.0. The van der Waals surface area contributed by atoms with Crippen molar-refractivity contribution in [2.24, 2.45) is 5.73 Å². The molecular weight excluding hydrogens is 439 g/mol. The maximum Gasteiger partial charge on any atom is 0.255 e. The van der Waals surface area contributed by atoms with Crippen molar-refractivity contribution in [3.8, 4) is 5.75 Å². The molecule has 34 heavy (non-hydrogen) atoms. The highest BCUT2D eigenvalue weighted by Gasteiger charge is 2.30. The Balaban J connectivity index is 2.01. The Morgan fingerprint density at radius 3 is 2.76 bits per heavy atom. The Bertz CT molecular complexity index is 985. The molecule has 8 nitrogen and oxygen atoms in total. The van der Waals surface area contributed by atoms with E-state index in [9.17, 15) is 14.0 Å². The number of carbonyl (C=O) groups is 2. The number of amides is 2. The first-order valence-electron chi connectivity index (χ1n) is 12.1. The highest BCUT2D eigenvalue weighted by atomic mass is 19.1. The number of nitrogens with zero attached hydrogens (tertiary/aromatic N) is 2. The Kier molecular flexibility index (Phi) is 9.29. The lowest BCUT2D eigenvalue weighted by Gasteiger charge is -2.37. The van der Waals surface area contributed by atoms with Crippen LogP contribution in [0.5, 0.6) is 5.75 Å². The molecule has 0 bridgehead atoms. The number of rotatable bonds is 12. The molecule has 2 amide bonds. The number of primary amides is 1. The minimum Gasteiger partial charge on any atom is -0.481 e. The van der Waals surface area contributed by atoms with Crippen LogP contribution in [0.3, 0.4) is 0 Å². The maximum atomic E-state index is 14.2. The summed E-state index contributed by atoms with van der Waals surface area (Å²) in [5.41, 5.74) is 6.73. The van der Waals surface area contributed by atoms with Gasteiger partial charge in [-0.3, -0.25) is 9.59 Å². The zero-order chi connectivity index (χ0) is 24.7. The van der Waals surface area contributed by atoms with Crippen LogP contribution in [0.25, 0.3) is 10.9 Å². The summed E-state index contributed by atoms with van der Waals surface area (Å²) in [4.78, 5) is 27.1. The van der Waals surface area contributed by atoms with Gasteiger partial charge in [-0.25, -0.2) is 4.39 Å². The van der Waals surface area contributed by atoms with E-state index in [0.717, 1.165) is 44.3 Å². The summed E-state index contributed by atoms with van der Waals surface area (Å²) in [7, 11) is 1.66. The van der Waals surface area contributed by atoms with Crippen LogP contribution in [0.4, 0.5) is 4.39 Å².